The largest absolute Gasteiger partial charge is 0.271 e. The summed E-state index contributed by atoms with van der Waals surface area (Å²) in [6.45, 7) is 2.29. The Morgan fingerprint density at radius 3 is 2.63 bits per heavy atom. The lowest BCUT2D eigenvalue weighted by Gasteiger charge is -2.14. The van der Waals surface area contributed by atoms with Gasteiger partial charge in [-0.2, -0.15) is 5.10 Å². The third-order valence-electron chi connectivity index (χ3n) is 2.50. The van der Waals surface area contributed by atoms with Crippen molar-refractivity contribution in [3.8, 4) is 0 Å². The molecule has 5 nitrogen and oxygen atoms in total. The average Bonchev–Trinajstić information content (AvgIpc) is 2.81. The summed E-state index contributed by atoms with van der Waals surface area (Å²) in [5.74, 6) is 0. The first-order valence-corrected chi connectivity index (χ1v) is 8.00. The average molecular weight is 344 g/mol. The summed E-state index contributed by atoms with van der Waals surface area (Å²) in [7, 11) is -3.49. The molecule has 1 unspecified atom stereocenters. The van der Waals surface area contributed by atoms with Gasteiger partial charge < -0.3 is 0 Å². The Kier molecular flexibility index (Phi) is 4.38. The van der Waals surface area contributed by atoms with E-state index in [1.807, 2.05) is 0 Å². The van der Waals surface area contributed by atoms with Gasteiger partial charge in [-0.1, -0.05) is 15.9 Å². The van der Waals surface area contributed by atoms with Crippen molar-refractivity contribution in [3.63, 3.8) is 0 Å². The molecule has 0 amide bonds. The first-order chi connectivity index (χ1) is 8.97. The zero-order chi connectivity index (χ0) is 13.9. The fourth-order valence-corrected chi connectivity index (χ4v) is 3.17. The number of sulfonamides is 1. The van der Waals surface area contributed by atoms with Crippen LogP contribution in [0.5, 0.6) is 0 Å². The van der Waals surface area contributed by atoms with Crippen molar-refractivity contribution in [3.05, 3.63) is 47.2 Å². The van der Waals surface area contributed by atoms with E-state index in [-0.39, 0.29) is 10.9 Å². The van der Waals surface area contributed by atoms with Crippen molar-refractivity contribution in [2.75, 3.05) is 0 Å². The molecule has 0 spiro atoms. The molecule has 19 heavy (non-hydrogen) atoms. The molecular weight excluding hydrogens is 330 g/mol. The highest BCUT2D eigenvalue weighted by Crippen LogP contribution is 2.14. The topological polar surface area (TPSA) is 64.0 Å². The molecule has 1 N–H and O–H groups in total. The molecule has 1 atom stereocenters. The van der Waals surface area contributed by atoms with Crippen molar-refractivity contribution in [2.24, 2.45) is 0 Å². The molecular formula is C12H14BrN3O2S. The number of aromatic nitrogens is 2. The molecule has 2 aromatic rings. The Morgan fingerprint density at radius 1 is 1.37 bits per heavy atom. The molecule has 7 heteroatoms. The van der Waals surface area contributed by atoms with Crippen LogP contribution in [0.25, 0.3) is 0 Å². The Bertz CT molecular complexity index is 624. The quantitative estimate of drug-likeness (QED) is 0.903. The lowest BCUT2D eigenvalue weighted by atomic mass is 10.4. The summed E-state index contributed by atoms with van der Waals surface area (Å²) in [6, 6.07) is 8.09. The number of nitrogens with zero attached hydrogens (tertiary/aromatic N) is 2. The smallest absolute Gasteiger partial charge is 0.240 e. The maximum Gasteiger partial charge on any atom is 0.240 e. The Labute approximate surface area is 120 Å². The van der Waals surface area contributed by atoms with E-state index in [1.54, 1.807) is 54.3 Å². The second-order valence-electron chi connectivity index (χ2n) is 4.20. The van der Waals surface area contributed by atoms with Gasteiger partial charge in [-0.3, -0.25) is 4.68 Å². The van der Waals surface area contributed by atoms with Crippen molar-refractivity contribution in [2.45, 2.75) is 24.4 Å². The number of hydrogen-bond acceptors (Lipinski definition) is 3. The fraction of sp³-hybridized carbons (Fsp3) is 0.250. The van der Waals surface area contributed by atoms with Crippen LogP contribution in [0.2, 0.25) is 0 Å². The van der Waals surface area contributed by atoms with Crippen LogP contribution in [0.15, 0.2) is 52.1 Å². The summed E-state index contributed by atoms with van der Waals surface area (Å²) in [4.78, 5) is 0.253. The van der Waals surface area contributed by atoms with E-state index < -0.39 is 10.0 Å². The second kappa shape index (κ2) is 5.85. The molecule has 0 radical (unpaired) electrons. The van der Waals surface area contributed by atoms with Crippen molar-refractivity contribution < 1.29 is 8.42 Å². The van der Waals surface area contributed by atoms with Crippen LogP contribution in [-0.2, 0) is 16.6 Å². The van der Waals surface area contributed by atoms with Gasteiger partial charge in [-0.15, -0.1) is 0 Å². The van der Waals surface area contributed by atoms with Gasteiger partial charge >= 0.3 is 0 Å². The molecule has 1 aromatic heterocycles. The van der Waals surface area contributed by atoms with Crippen LogP contribution in [0, 0.1) is 0 Å². The number of hydrogen-bond donors (Lipinski definition) is 1. The maximum atomic E-state index is 12.1. The highest BCUT2D eigenvalue weighted by molar-refractivity contribution is 9.10. The lowest BCUT2D eigenvalue weighted by molar-refractivity contribution is 0.494. The number of nitrogens with one attached hydrogen (secondary N) is 1. The van der Waals surface area contributed by atoms with E-state index in [4.69, 9.17) is 0 Å². The molecule has 0 aliphatic carbocycles. The minimum Gasteiger partial charge on any atom is -0.271 e. The summed E-state index contributed by atoms with van der Waals surface area (Å²) >= 11 is 3.28. The minimum absolute atomic E-state index is 0.242. The Balaban J connectivity index is 2.06. The molecule has 0 aliphatic heterocycles. The van der Waals surface area contributed by atoms with E-state index in [9.17, 15) is 8.42 Å². The molecule has 0 aliphatic rings. The first kappa shape index (κ1) is 14.2. The normalized spacial score (nSPS) is 13.4. The summed E-state index contributed by atoms with van der Waals surface area (Å²) in [5, 5.41) is 4.05. The van der Waals surface area contributed by atoms with Crippen molar-refractivity contribution >= 4 is 26.0 Å². The van der Waals surface area contributed by atoms with Crippen molar-refractivity contribution in [1.29, 1.82) is 0 Å². The fourth-order valence-electron chi connectivity index (χ4n) is 1.67. The molecule has 102 valence electrons. The van der Waals surface area contributed by atoms with Crippen molar-refractivity contribution in [1.82, 2.24) is 14.5 Å². The molecule has 0 saturated heterocycles. The van der Waals surface area contributed by atoms with E-state index in [0.29, 0.717) is 6.54 Å². The van der Waals surface area contributed by atoms with Crippen LogP contribution >= 0.6 is 15.9 Å². The molecule has 0 saturated carbocycles. The van der Waals surface area contributed by atoms with Gasteiger partial charge in [-0.25, -0.2) is 13.1 Å². The minimum atomic E-state index is -3.49. The highest BCUT2D eigenvalue weighted by atomic mass is 79.9. The summed E-state index contributed by atoms with van der Waals surface area (Å²) in [6.07, 6.45) is 3.46. The van der Waals surface area contributed by atoms with Gasteiger partial charge in [0.25, 0.3) is 0 Å². The zero-order valence-corrected chi connectivity index (χ0v) is 12.7. The molecule has 0 bridgehead atoms. The van der Waals surface area contributed by atoms with Crippen LogP contribution in [0.4, 0.5) is 0 Å². The first-order valence-electron chi connectivity index (χ1n) is 5.73. The van der Waals surface area contributed by atoms with Crippen LogP contribution in [0.1, 0.15) is 6.92 Å². The highest BCUT2D eigenvalue weighted by Gasteiger charge is 2.17. The third-order valence-corrected chi connectivity index (χ3v) is 4.63. The number of rotatable bonds is 5. The molecule has 1 heterocycles. The van der Waals surface area contributed by atoms with Gasteiger partial charge in [0.2, 0.25) is 10.0 Å². The molecule has 2 rings (SSSR count). The number of halogens is 1. The third kappa shape index (κ3) is 3.89. The SMILES string of the molecule is CC(Cn1cccn1)NS(=O)(=O)c1ccc(Br)cc1. The standard InChI is InChI=1S/C12H14BrN3O2S/c1-10(9-16-8-2-7-14-16)15-19(17,18)12-5-3-11(13)4-6-12/h2-8,10,15H,9H2,1H3. The van der Waals surface area contributed by atoms with E-state index in [1.165, 1.54) is 0 Å². The zero-order valence-electron chi connectivity index (χ0n) is 10.3. The van der Waals surface area contributed by atoms with Crippen LogP contribution in [0.3, 0.4) is 0 Å². The van der Waals surface area contributed by atoms with Gasteiger partial charge in [0.15, 0.2) is 0 Å². The van der Waals surface area contributed by atoms with Gasteiger partial charge in [-0.05, 0) is 37.3 Å². The summed E-state index contributed by atoms with van der Waals surface area (Å²) < 4.78 is 29.4. The predicted octanol–water partition coefficient (Wildman–Crippen LogP) is 2.01. The maximum absolute atomic E-state index is 12.1. The molecule has 0 fully saturated rings. The summed E-state index contributed by atoms with van der Waals surface area (Å²) in [5.41, 5.74) is 0. The van der Waals surface area contributed by atoms with E-state index >= 15 is 0 Å². The van der Waals surface area contributed by atoms with Gasteiger partial charge in [0.1, 0.15) is 0 Å². The van der Waals surface area contributed by atoms with Gasteiger partial charge in [0.05, 0.1) is 11.4 Å². The predicted molar refractivity (Wildman–Crippen MR) is 76.2 cm³/mol. The van der Waals surface area contributed by atoms with E-state index in [2.05, 4.69) is 25.8 Å². The van der Waals surface area contributed by atoms with Crippen LogP contribution < -0.4 is 4.72 Å². The lowest BCUT2D eigenvalue weighted by Crippen LogP contribution is -2.35. The Morgan fingerprint density at radius 2 is 2.05 bits per heavy atom. The second-order valence-corrected chi connectivity index (χ2v) is 6.83. The monoisotopic (exact) mass is 343 g/mol. The van der Waals surface area contributed by atoms with Crippen LogP contribution in [-0.4, -0.2) is 24.2 Å². The van der Waals surface area contributed by atoms with Gasteiger partial charge in [0, 0.05) is 22.9 Å². The molecule has 1 aromatic carbocycles. The number of benzene rings is 1. The Hall–Kier alpha value is -1.18. The van der Waals surface area contributed by atoms with E-state index in [0.717, 1.165) is 4.47 Å².